The number of hydrogen-bond acceptors (Lipinski definition) is 4. The van der Waals surface area contributed by atoms with Crippen LogP contribution in [0.2, 0.25) is 0 Å². The Hall–Kier alpha value is -1.55. The van der Waals surface area contributed by atoms with Crippen molar-refractivity contribution in [3.63, 3.8) is 0 Å². The van der Waals surface area contributed by atoms with Crippen molar-refractivity contribution < 1.29 is 4.42 Å². The number of fused-ring (bicyclic) bond motifs is 1. The Morgan fingerprint density at radius 2 is 2.31 bits per heavy atom. The van der Waals surface area contributed by atoms with Gasteiger partial charge < -0.3 is 14.6 Å². The van der Waals surface area contributed by atoms with Crippen LogP contribution in [0.25, 0.3) is 11.0 Å². The standard InChI is InChI=1S/C12H17N3O/c1-13-6-3-8-15(2)12-10-5-9-16-11(10)4-7-14-12/h4-5,7,9,13H,3,6,8H2,1-2H3. The van der Waals surface area contributed by atoms with Crippen molar-refractivity contribution in [2.75, 3.05) is 32.1 Å². The second-order valence-corrected chi connectivity index (χ2v) is 3.85. The molecule has 2 aromatic heterocycles. The highest BCUT2D eigenvalue weighted by atomic mass is 16.3. The molecule has 1 N–H and O–H groups in total. The molecule has 0 spiro atoms. The van der Waals surface area contributed by atoms with Gasteiger partial charge in [-0.05, 0) is 32.1 Å². The van der Waals surface area contributed by atoms with E-state index in [0.29, 0.717) is 0 Å². The van der Waals surface area contributed by atoms with Crippen LogP contribution in [-0.2, 0) is 0 Å². The Morgan fingerprint density at radius 3 is 3.12 bits per heavy atom. The molecule has 0 amide bonds. The smallest absolute Gasteiger partial charge is 0.139 e. The van der Waals surface area contributed by atoms with Crippen LogP contribution in [0.5, 0.6) is 0 Å². The van der Waals surface area contributed by atoms with E-state index >= 15 is 0 Å². The first-order valence-electron chi connectivity index (χ1n) is 5.51. The van der Waals surface area contributed by atoms with E-state index in [1.54, 1.807) is 12.5 Å². The van der Waals surface area contributed by atoms with Crippen molar-refractivity contribution in [2.45, 2.75) is 6.42 Å². The van der Waals surface area contributed by atoms with Crippen LogP contribution < -0.4 is 10.2 Å². The second-order valence-electron chi connectivity index (χ2n) is 3.85. The van der Waals surface area contributed by atoms with Gasteiger partial charge in [-0.25, -0.2) is 4.98 Å². The number of aromatic nitrogens is 1. The van der Waals surface area contributed by atoms with E-state index in [0.717, 1.165) is 36.3 Å². The van der Waals surface area contributed by atoms with Crippen molar-refractivity contribution in [3.05, 3.63) is 24.6 Å². The number of nitrogens with zero attached hydrogens (tertiary/aromatic N) is 2. The largest absolute Gasteiger partial charge is 0.464 e. The van der Waals surface area contributed by atoms with Gasteiger partial charge >= 0.3 is 0 Å². The Bertz CT molecular complexity index is 452. The molecule has 16 heavy (non-hydrogen) atoms. The monoisotopic (exact) mass is 219 g/mol. The first kappa shape index (κ1) is 11.0. The normalized spacial score (nSPS) is 10.9. The SMILES string of the molecule is CNCCCN(C)c1nccc2occc12. The van der Waals surface area contributed by atoms with E-state index < -0.39 is 0 Å². The van der Waals surface area contributed by atoms with Crippen LogP contribution in [0.4, 0.5) is 5.82 Å². The Kier molecular flexibility index (Phi) is 3.41. The molecule has 4 heteroatoms. The third kappa shape index (κ3) is 2.17. The van der Waals surface area contributed by atoms with E-state index in [1.807, 2.05) is 19.2 Å². The van der Waals surface area contributed by atoms with E-state index in [4.69, 9.17) is 4.42 Å². The molecule has 0 fully saturated rings. The van der Waals surface area contributed by atoms with Gasteiger partial charge in [-0.1, -0.05) is 0 Å². The van der Waals surface area contributed by atoms with Gasteiger partial charge in [0.05, 0.1) is 11.6 Å². The summed E-state index contributed by atoms with van der Waals surface area (Å²) in [4.78, 5) is 6.57. The van der Waals surface area contributed by atoms with Crippen molar-refractivity contribution in [1.29, 1.82) is 0 Å². The molecule has 0 bridgehead atoms. The molecule has 2 rings (SSSR count). The number of anilines is 1. The quantitative estimate of drug-likeness (QED) is 0.779. The average Bonchev–Trinajstić information content (AvgIpc) is 2.76. The molecule has 4 nitrogen and oxygen atoms in total. The lowest BCUT2D eigenvalue weighted by molar-refractivity contribution is 0.615. The van der Waals surface area contributed by atoms with Crippen molar-refractivity contribution in [2.24, 2.45) is 0 Å². The predicted octanol–water partition coefficient (Wildman–Crippen LogP) is 1.87. The molecule has 0 unspecified atom stereocenters. The highest BCUT2D eigenvalue weighted by molar-refractivity contribution is 5.88. The molecule has 0 aromatic carbocycles. The maximum atomic E-state index is 5.36. The third-order valence-electron chi connectivity index (χ3n) is 2.64. The van der Waals surface area contributed by atoms with Gasteiger partial charge in [-0.2, -0.15) is 0 Å². The molecular weight excluding hydrogens is 202 g/mol. The first-order chi connectivity index (χ1) is 7.83. The molecule has 2 heterocycles. The lowest BCUT2D eigenvalue weighted by Crippen LogP contribution is -2.23. The minimum Gasteiger partial charge on any atom is -0.464 e. The van der Waals surface area contributed by atoms with Crippen LogP contribution in [0.1, 0.15) is 6.42 Å². The number of hydrogen-bond donors (Lipinski definition) is 1. The number of rotatable bonds is 5. The molecule has 0 atom stereocenters. The van der Waals surface area contributed by atoms with E-state index in [2.05, 4.69) is 22.2 Å². The van der Waals surface area contributed by atoms with Crippen molar-refractivity contribution >= 4 is 16.8 Å². The first-order valence-corrected chi connectivity index (χ1v) is 5.51. The van der Waals surface area contributed by atoms with E-state index in [9.17, 15) is 0 Å². The Morgan fingerprint density at radius 1 is 1.44 bits per heavy atom. The van der Waals surface area contributed by atoms with Crippen molar-refractivity contribution in [3.8, 4) is 0 Å². The second kappa shape index (κ2) is 4.99. The minimum atomic E-state index is 0.894. The summed E-state index contributed by atoms with van der Waals surface area (Å²) in [5.41, 5.74) is 0.894. The van der Waals surface area contributed by atoms with Crippen LogP contribution in [0, 0.1) is 0 Å². The zero-order valence-electron chi connectivity index (χ0n) is 9.73. The van der Waals surface area contributed by atoms with Gasteiger partial charge in [0.2, 0.25) is 0 Å². The van der Waals surface area contributed by atoms with Gasteiger partial charge in [-0.15, -0.1) is 0 Å². The summed E-state index contributed by atoms with van der Waals surface area (Å²) in [5, 5.41) is 4.22. The van der Waals surface area contributed by atoms with E-state index in [-0.39, 0.29) is 0 Å². The maximum absolute atomic E-state index is 5.36. The molecular formula is C12H17N3O. The average molecular weight is 219 g/mol. The fraction of sp³-hybridized carbons (Fsp3) is 0.417. The van der Waals surface area contributed by atoms with Crippen LogP contribution in [0.15, 0.2) is 29.0 Å². The van der Waals surface area contributed by atoms with Gasteiger partial charge in [0.15, 0.2) is 0 Å². The molecule has 0 radical (unpaired) electrons. The summed E-state index contributed by atoms with van der Waals surface area (Å²) in [5.74, 6) is 0.988. The summed E-state index contributed by atoms with van der Waals surface area (Å²) in [6.45, 7) is 2.00. The topological polar surface area (TPSA) is 41.3 Å². The number of pyridine rings is 1. The van der Waals surface area contributed by atoms with Gasteiger partial charge in [-0.3, -0.25) is 0 Å². The lowest BCUT2D eigenvalue weighted by Gasteiger charge is -2.18. The molecule has 2 aromatic rings. The fourth-order valence-corrected chi connectivity index (χ4v) is 1.78. The zero-order valence-corrected chi connectivity index (χ0v) is 9.73. The Balaban J connectivity index is 2.15. The fourth-order valence-electron chi connectivity index (χ4n) is 1.78. The highest BCUT2D eigenvalue weighted by Gasteiger charge is 2.08. The third-order valence-corrected chi connectivity index (χ3v) is 2.64. The molecule has 86 valence electrons. The summed E-state index contributed by atoms with van der Waals surface area (Å²) in [6, 6.07) is 3.85. The number of furan rings is 1. The lowest BCUT2D eigenvalue weighted by atomic mass is 10.3. The minimum absolute atomic E-state index is 0.894. The zero-order chi connectivity index (χ0) is 11.4. The molecule has 0 aliphatic carbocycles. The van der Waals surface area contributed by atoms with Gasteiger partial charge in [0.1, 0.15) is 11.4 Å². The maximum Gasteiger partial charge on any atom is 0.139 e. The summed E-state index contributed by atoms with van der Waals surface area (Å²) in [6.07, 6.45) is 4.59. The van der Waals surface area contributed by atoms with Crippen LogP contribution >= 0.6 is 0 Å². The molecule has 0 aliphatic rings. The summed E-state index contributed by atoms with van der Waals surface area (Å²) >= 11 is 0. The van der Waals surface area contributed by atoms with Crippen LogP contribution in [0.3, 0.4) is 0 Å². The van der Waals surface area contributed by atoms with Gasteiger partial charge in [0.25, 0.3) is 0 Å². The summed E-state index contributed by atoms with van der Waals surface area (Å²) in [7, 11) is 4.03. The van der Waals surface area contributed by atoms with Crippen LogP contribution in [-0.4, -0.2) is 32.2 Å². The molecule has 0 aliphatic heterocycles. The Labute approximate surface area is 95.3 Å². The van der Waals surface area contributed by atoms with E-state index in [1.165, 1.54) is 0 Å². The molecule has 0 saturated carbocycles. The van der Waals surface area contributed by atoms with Gasteiger partial charge in [0, 0.05) is 19.8 Å². The summed E-state index contributed by atoms with van der Waals surface area (Å²) < 4.78 is 5.36. The van der Waals surface area contributed by atoms with Crippen molar-refractivity contribution in [1.82, 2.24) is 10.3 Å². The number of nitrogens with one attached hydrogen (secondary N) is 1. The molecule has 0 saturated heterocycles. The highest BCUT2D eigenvalue weighted by Crippen LogP contribution is 2.24. The predicted molar refractivity (Wildman–Crippen MR) is 65.8 cm³/mol.